The molecule has 126 valence electrons. The third kappa shape index (κ3) is 3.42. The number of nitro groups is 1. The SMILES string of the molecule is Cc1cc(N(C)c2ccc(C3CCCCC3)cc2)ccc1[N+](=O)[O-]. The smallest absolute Gasteiger partial charge is 0.272 e. The summed E-state index contributed by atoms with van der Waals surface area (Å²) in [5.41, 5.74) is 4.35. The lowest BCUT2D eigenvalue weighted by Gasteiger charge is -2.24. The second-order valence-electron chi connectivity index (χ2n) is 6.71. The van der Waals surface area contributed by atoms with Crippen molar-refractivity contribution in [3.63, 3.8) is 0 Å². The molecule has 0 unspecified atom stereocenters. The van der Waals surface area contributed by atoms with Gasteiger partial charge in [-0.25, -0.2) is 0 Å². The van der Waals surface area contributed by atoms with Gasteiger partial charge in [0.2, 0.25) is 0 Å². The summed E-state index contributed by atoms with van der Waals surface area (Å²) in [6.07, 6.45) is 6.66. The molecule has 0 radical (unpaired) electrons. The maximum absolute atomic E-state index is 11.0. The number of benzene rings is 2. The van der Waals surface area contributed by atoms with Crippen molar-refractivity contribution in [2.45, 2.75) is 44.9 Å². The van der Waals surface area contributed by atoms with E-state index in [0.717, 1.165) is 11.4 Å². The fraction of sp³-hybridized carbons (Fsp3) is 0.400. The van der Waals surface area contributed by atoms with E-state index < -0.39 is 0 Å². The minimum atomic E-state index is -0.335. The van der Waals surface area contributed by atoms with Crippen LogP contribution in [0.5, 0.6) is 0 Å². The number of nitrogens with zero attached hydrogens (tertiary/aromatic N) is 2. The zero-order valence-electron chi connectivity index (χ0n) is 14.4. The van der Waals surface area contributed by atoms with Crippen molar-refractivity contribution < 1.29 is 4.92 Å². The van der Waals surface area contributed by atoms with Gasteiger partial charge in [-0.3, -0.25) is 10.1 Å². The lowest BCUT2D eigenvalue weighted by molar-refractivity contribution is -0.385. The van der Waals surface area contributed by atoms with E-state index in [-0.39, 0.29) is 10.6 Å². The molecule has 24 heavy (non-hydrogen) atoms. The van der Waals surface area contributed by atoms with Crippen molar-refractivity contribution in [2.75, 3.05) is 11.9 Å². The van der Waals surface area contributed by atoms with Crippen molar-refractivity contribution in [1.82, 2.24) is 0 Å². The van der Waals surface area contributed by atoms with Gasteiger partial charge < -0.3 is 4.90 Å². The molecule has 0 bridgehead atoms. The first-order valence-corrected chi connectivity index (χ1v) is 8.65. The van der Waals surface area contributed by atoms with Gasteiger partial charge in [0, 0.05) is 30.1 Å². The highest BCUT2D eigenvalue weighted by Crippen LogP contribution is 2.34. The zero-order valence-corrected chi connectivity index (χ0v) is 14.4. The third-order valence-electron chi connectivity index (χ3n) is 5.12. The molecule has 3 rings (SSSR count). The van der Waals surface area contributed by atoms with Crippen LogP contribution in [-0.2, 0) is 0 Å². The van der Waals surface area contributed by atoms with Crippen LogP contribution in [-0.4, -0.2) is 12.0 Å². The minimum absolute atomic E-state index is 0.166. The van der Waals surface area contributed by atoms with Crippen LogP contribution < -0.4 is 4.90 Å². The molecule has 4 nitrogen and oxygen atoms in total. The summed E-state index contributed by atoms with van der Waals surface area (Å²) in [6.45, 7) is 1.78. The number of rotatable bonds is 4. The van der Waals surface area contributed by atoms with Crippen molar-refractivity contribution >= 4 is 17.1 Å². The van der Waals surface area contributed by atoms with Crippen molar-refractivity contribution in [3.8, 4) is 0 Å². The number of aryl methyl sites for hydroxylation is 1. The van der Waals surface area contributed by atoms with Crippen LogP contribution in [0.2, 0.25) is 0 Å². The molecule has 0 saturated heterocycles. The van der Waals surface area contributed by atoms with Crippen LogP contribution in [0.1, 0.15) is 49.1 Å². The standard InChI is InChI=1S/C20H24N2O2/c1-15-14-19(12-13-20(15)22(23)24)21(2)18-10-8-17(9-11-18)16-6-4-3-5-7-16/h8-14,16H,3-7H2,1-2H3. The van der Waals surface area contributed by atoms with Gasteiger partial charge in [0.05, 0.1) is 4.92 Å². The molecule has 0 heterocycles. The molecule has 1 aliphatic carbocycles. The molecule has 0 spiro atoms. The largest absolute Gasteiger partial charge is 0.345 e. The van der Waals surface area contributed by atoms with Crippen LogP contribution >= 0.6 is 0 Å². The summed E-state index contributed by atoms with van der Waals surface area (Å²) in [4.78, 5) is 12.7. The lowest BCUT2D eigenvalue weighted by atomic mass is 9.84. The van der Waals surface area contributed by atoms with E-state index in [2.05, 4.69) is 29.2 Å². The van der Waals surface area contributed by atoms with E-state index in [1.54, 1.807) is 19.1 Å². The van der Waals surface area contributed by atoms with E-state index in [0.29, 0.717) is 11.5 Å². The van der Waals surface area contributed by atoms with Crippen LogP contribution in [0.3, 0.4) is 0 Å². The van der Waals surface area contributed by atoms with Crippen LogP contribution in [0.25, 0.3) is 0 Å². The Kier molecular flexibility index (Phi) is 4.84. The van der Waals surface area contributed by atoms with Crippen molar-refractivity contribution in [1.29, 1.82) is 0 Å². The predicted molar refractivity (Wildman–Crippen MR) is 98.2 cm³/mol. The Bertz CT molecular complexity index is 719. The summed E-state index contributed by atoms with van der Waals surface area (Å²) in [5, 5.41) is 11.0. The van der Waals surface area contributed by atoms with E-state index in [4.69, 9.17) is 0 Å². The van der Waals surface area contributed by atoms with E-state index in [1.807, 2.05) is 13.1 Å². The second-order valence-corrected chi connectivity index (χ2v) is 6.71. The van der Waals surface area contributed by atoms with Crippen molar-refractivity contribution in [2.24, 2.45) is 0 Å². The second kappa shape index (κ2) is 7.04. The first-order valence-electron chi connectivity index (χ1n) is 8.65. The molecule has 0 amide bonds. The Morgan fingerprint density at radius 2 is 1.62 bits per heavy atom. The predicted octanol–water partition coefficient (Wildman–Crippen LogP) is 5.72. The average molecular weight is 324 g/mol. The summed E-state index contributed by atoms with van der Waals surface area (Å²) in [6, 6.07) is 14.0. The van der Waals surface area contributed by atoms with Gasteiger partial charge in [0.25, 0.3) is 5.69 Å². The van der Waals surface area contributed by atoms with Crippen LogP contribution in [0.15, 0.2) is 42.5 Å². The highest BCUT2D eigenvalue weighted by molar-refractivity contribution is 5.65. The minimum Gasteiger partial charge on any atom is -0.345 e. The highest BCUT2D eigenvalue weighted by atomic mass is 16.6. The maximum atomic E-state index is 11.0. The van der Waals surface area contributed by atoms with E-state index in [1.165, 1.54) is 37.7 Å². The Labute approximate surface area is 143 Å². The molecule has 1 aliphatic rings. The number of nitro benzene ring substituents is 1. The molecule has 1 fully saturated rings. The summed E-state index contributed by atoms with van der Waals surface area (Å²) < 4.78 is 0. The quantitative estimate of drug-likeness (QED) is 0.534. The van der Waals surface area contributed by atoms with Crippen molar-refractivity contribution in [3.05, 3.63) is 63.7 Å². The van der Waals surface area contributed by atoms with E-state index >= 15 is 0 Å². The van der Waals surface area contributed by atoms with Crippen LogP contribution in [0, 0.1) is 17.0 Å². The Balaban J connectivity index is 1.78. The van der Waals surface area contributed by atoms with Gasteiger partial charge in [-0.05, 0) is 55.5 Å². The molecule has 4 heteroatoms. The molecule has 0 N–H and O–H groups in total. The molecule has 0 aromatic heterocycles. The number of hydrogen-bond donors (Lipinski definition) is 0. The molecule has 2 aromatic carbocycles. The Morgan fingerprint density at radius 3 is 2.21 bits per heavy atom. The number of anilines is 2. The van der Waals surface area contributed by atoms with E-state index in [9.17, 15) is 10.1 Å². The van der Waals surface area contributed by atoms with Gasteiger partial charge >= 0.3 is 0 Å². The summed E-state index contributed by atoms with van der Waals surface area (Å²) in [5.74, 6) is 0.708. The Hall–Kier alpha value is -2.36. The van der Waals surface area contributed by atoms with Gasteiger partial charge in [0.1, 0.15) is 0 Å². The molecular weight excluding hydrogens is 300 g/mol. The lowest BCUT2D eigenvalue weighted by Crippen LogP contribution is -2.10. The topological polar surface area (TPSA) is 46.4 Å². The number of hydrogen-bond acceptors (Lipinski definition) is 3. The average Bonchev–Trinajstić information content (AvgIpc) is 2.61. The van der Waals surface area contributed by atoms with Crippen LogP contribution in [0.4, 0.5) is 17.1 Å². The first kappa shape index (κ1) is 16.5. The monoisotopic (exact) mass is 324 g/mol. The Morgan fingerprint density at radius 1 is 1.00 bits per heavy atom. The van der Waals surface area contributed by atoms with Gasteiger partial charge in [-0.1, -0.05) is 31.4 Å². The summed E-state index contributed by atoms with van der Waals surface area (Å²) >= 11 is 0. The first-order chi connectivity index (χ1) is 11.6. The maximum Gasteiger partial charge on any atom is 0.272 e. The third-order valence-corrected chi connectivity index (χ3v) is 5.12. The van der Waals surface area contributed by atoms with Gasteiger partial charge in [0.15, 0.2) is 0 Å². The fourth-order valence-corrected chi connectivity index (χ4v) is 3.61. The van der Waals surface area contributed by atoms with Gasteiger partial charge in [-0.15, -0.1) is 0 Å². The molecule has 2 aromatic rings. The van der Waals surface area contributed by atoms with Gasteiger partial charge in [-0.2, -0.15) is 0 Å². The summed E-state index contributed by atoms with van der Waals surface area (Å²) in [7, 11) is 2.00. The normalized spacial score (nSPS) is 15.2. The molecule has 1 saturated carbocycles. The molecular formula is C20H24N2O2. The zero-order chi connectivity index (χ0) is 17.1. The molecule has 0 aliphatic heterocycles. The highest BCUT2D eigenvalue weighted by Gasteiger charge is 2.16. The molecule has 0 atom stereocenters. The fourth-order valence-electron chi connectivity index (χ4n) is 3.61.